The van der Waals surface area contributed by atoms with Gasteiger partial charge >= 0.3 is 0 Å². The number of benzene rings is 1. The summed E-state index contributed by atoms with van der Waals surface area (Å²) in [4.78, 5) is 1.31. The van der Waals surface area contributed by atoms with E-state index in [9.17, 15) is 0 Å². The Morgan fingerprint density at radius 3 is 2.84 bits per heavy atom. The van der Waals surface area contributed by atoms with E-state index < -0.39 is 0 Å². The molecule has 2 unspecified atom stereocenters. The van der Waals surface area contributed by atoms with Crippen LogP contribution in [0.4, 0.5) is 0 Å². The molecule has 1 aliphatic carbocycles. The first kappa shape index (κ1) is 14.7. The Bertz CT molecular complexity index is 419. The maximum Gasteiger partial charge on any atom is 0.119 e. The van der Waals surface area contributed by atoms with E-state index in [0.29, 0.717) is 16.7 Å². The summed E-state index contributed by atoms with van der Waals surface area (Å²) >= 11 is 1.99. The standard InChI is InChI=1S/C16H25NOS/c1-16(2)9-8-14(17-3)15(11-16)19-13-7-5-6-12(10-13)18-4/h5-7,10,14-15,17H,8-9,11H2,1-4H3. The molecule has 1 aromatic carbocycles. The van der Waals surface area contributed by atoms with E-state index in [-0.39, 0.29) is 0 Å². The largest absolute Gasteiger partial charge is 0.497 e. The van der Waals surface area contributed by atoms with E-state index in [1.807, 2.05) is 17.8 Å². The van der Waals surface area contributed by atoms with Gasteiger partial charge in [-0.25, -0.2) is 0 Å². The van der Waals surface area contributed by atoms with Crippen LogP contribution in [0.25, 0.3) is 0 Å². The zero-order chi connectivity index (χ0) is 13.9. The second-order valence-electron chi connectivity index (χ2n) is 6.14. The van der Waals surface area contributed by atoms with Gasteiger partial charge in [0.25, 0.3) is 0 Å². The summed E-state index contributed by atoms with van der Waals surface area (Å²) in [5.74, 6) is 0.945. The smallest absolute Gasteiger partial charge is 0.119 e. The van der Waals surface area contributed by atoms with Crippen LogP contribution in [0.5, 0.6) is 5.75 Å². The van der Waals surface area contributed by atoms with E-state index in [1.54, 1.807) is 7.11 Å². The number of ether oxygens (including phenoxy) is 1. The van der Waals surface area contributed by atoms with Gasteiger partial charge in [0.1, 0.15) is 5.75 Å². The number of hydrogen-bond donors (Lipinski definition) is 1. The van der Waals surface area contributed by atoms with Gasteiger partial charge in [-0.2, -0.15) is 0 Å². The minimum Gasteiger partial charge on any atom is -0.497 e. The Labute approximate surface area is 121 Å². The molecule has 0 aromatic heterocycles. The van der Waals surface area contributed by atoms with Crippen molar-refractivity contribution < 1.29 is 4.74 Å². The number of hydrogen-bond acceptors (Lipinski definition) is 3. The molecule has 0 heterocycles. The first-order valence-electron chi connectivity index (χ1n) is 7.02. The summed E-state index contributed by atoms with van der Waals surface area (Å²) in [5, 5.41) is 4.13. The molecular weight excluding hydrogens is 254 g/mol. The van der Waals surface area contributed by atoms with Crippen LogP contribution in [0.15, 0.2) is 29.2 Å². The van der Waals surface area contributed by atoms with Crippen molar-refractivity contribution >= 4 is 11.8 Å². The zero-order valence-electron chi connectivity index (χ0n) is 12.4. The Hall–Kier alpha value is -0.670. The molecule has 0 spiro atoms. The maximum absolute atomic E-state index is 5.31. The van der Waals surface area contributed by atoms with Crippen LogP contribution in [-0.2, 0) is 0 Å². The van der Waals surface area contributed by atoms with Crippen LogP contribution in [0.3, 0.4) is 0 Å². The Balaban J connectivity index is 2.09. The monoisotopic (exact) mass is 279 g/mol. The highest BCUT2D eigenvalue weighted by Crippen LogP contribution is 2.42. The van der Waals surface area contributed by atoms with Crippen molar-refractivity contribution in [1.82, 2.24) is 5.32 Å². The van der Waals surface area contributed by atoms with Gasteiger partial charge in [0, 0.05) is 16.2 Å². The molecule has 106 valence electrons. The number of nitrogens with one attached hydrogen (secondary N) is 1. The minimum absolute atomic E-state index is 0.462. The Morgan fingerprint density at radius 1 is 1.37 bits per heavy atom. The third kappa shape index (κ3) is 3.90. The van der Waals surface area contributed by atoms with Gasteiger partial charge in [-0.05, 0) is 49.9 Å². The lowest BCUT2D eigenvalue weighted by Gasteiger charge is -2.40. The van der Waals surface area contributed by atoms with Gasteiger partial charge in [-0.1, -0.05) is 19.9 Å². The van der Waals surface area contributed by atoms with Crippen LogP contribution in [0, 0.1) is 5.41 Å². The van der Waals surface area contributed by atoms with Gasteiger partial charge in [-0.3, -0.25) is 0 Å². The summed E-state index contributed by atoms with van der Waals surface area (Å²) < 4.78 is 5.31. The molecule has 0 bridgehead atoms. The second-order valence-corrected chi connectivity index (χ2v) is 7.45. The van der Waals surface area contributed by atoms with Gasteiger partial charge in [0.05, 0.1) is 7.11 Å². The molecule has 0 aliphatic heterocycles. The molecule has 1 N–H and O–H groups in total. The lowest BCUT2D eigenvalue weighted by Crippen LogP contribution is -2.43. The molecule has 3 heteroatoms. The summed E-state index contributed by atoms with van der Waals surface area (Å²) in [5.41, 5.74) is 0.462. The second kappa shape index (κ2) is 6.19. The quantitative estimate of drug-likeness (QED) is 0.901. The average molecular weight is 279 g/mol. The highest BCUT2D eigenvalue weighted by molar-refractivity contribution is 8.00. The fourth-order valence-electron chi connectivity index (χ4n) is 2.82. The molecule has 19 heavy (non-hydrogen) atoms. The van der Waals surface area contributed by atoms with Crippen molar-refractivity contribution in [3.8, 4) is 5.75 Å². The minimum atomic E-state index is 0.462. The van der Waals surface area contributed by atoms with Crippen molar-refractivity contribution in [2.75, 3.05) is 14.2 Å². The number of methoxy groups -OCH3 is 1. The molecule has 2 atom stereocenters. The lowest BCUT2D eigenvalue weighted by molar-refractivity contribution is 0.218. The Kier molecular flexibility index (Phi) is 4.80. The van der Waals surface area contributed by atoms with E-state index in [4.69, 9.17) is 4.74 Å². The number of thioether (sulfide) groups is 1. The topological polar surface area (TPSA) is 21.3 Å². The lowest BCUT2D eigenvalue weighted by atomic mass is 9.75. The Morgan fingerprint density at radius 2 is 2.16 bits per heavy atom. The highest BCUT2D eigenvalue weighted by atomic mass is 32.2. The molecule has 1 aliphatic rings. The van der Waals surface area contributed by atoms with Gasteiger partial charge < -0.3 is 10.1 Å². The molecule has 1 fully saturated rings. The van der Waals surface area contributed by atoms with Crippen molar-refractivity contribution in [2.45, 2.75) is 49.3 Å². The molecule has 2 nitrogen and oxygen atoms in total. The van der Waals surface area contributed by atoms with E-state index in [0.717, 1.165) is 5.75 Å². The molecular formula is C16H25NOS. The predicted molar refractivity (Wildman–Crippen MR) is 83.1 cm³/mol. The third-order valence-electron chi connectivity index (χ3n) is 4.03. The van der Waals surface area contributed by atoms with Gasteiger partial charge in [0.2, 0.25) is 0 Å². The molecule has 1 aromatic rings. The van der Waals surface area contributed by atoms with Crippen molar-refractivity contribution in [1.29, 1.82) is 0 Å². The summed E-state index contributed by atoms with van der Waals surface area (Å²) in [6, 6.07) is 9.01. The van der Waals surface area contributed by atoms with E-state index >= 15 is 0 Å². The predicted octanol–water partition coefficient (Wildman–Crippen LogP) is 3.95. The van der Waals surface area contributed by atoms with Gasteiger partial charge in [0.15, 0.2) is 0 Å². The summed E-state index contributed by atoms with van der Waals surface area (Å²) in [6.45, 7) is 4.77. The fourth-order valence-corrected chi connectivity index (χ4v) is 4.49. The van der Waals surface area contributed by atoms with Gasteiger partial charge in [-0.15, -0.1) is 11.8 Å². The van der Waals surface area contributed by atoms with Crippen LogP contribution in [0.1, 0.15) is 33.1 Å². The summed E-state index contributed by atoms with van der Waals surface area (Å²) in [6.07, 6.45) is 3.85. The van der Waals surface area contributed by atoms with Crippen molar-refractivity contribution in [3.63, 3.8) is 0 Å². The fraction of sp³-hybridized carbons (Fsp3) is 0.625. The third-order valence-corrected chi connectivity index (χ3v) is 5.36. The first-order chi connectivity index (χ1) is 9.04. The molecule has 0 saturated heterocycles. The summed E-state index contributed by atoms with van der Waals surface area (Å²) in [7, 11) is 3.81. The van der Waals surface area contributed by atoms with Crippen molar-refractivity contribution in [3.05, 3.63) is 24.3 Å². The molecule has 2 rings (SSSR count). The van der Waals surface area contributed by atoms with Crippen LogP contribution < -0.4 is 10.1 Å². The SMILES string of the molecule is CNC1CCC(C)(C)CC1Sc1cccc(OC)c1. The van der Waals surface area contributed by atoms with Crippen LogP contribution in [0.2, 0.25) is 0 Å². The normalized spacial score (nSPS) is 26.1. The van der Waals surface area contributed by atoms with E-state index in [1.165, 1.54) is 24.2 Å². The highest BCUT2D eigenvalue weighted by Gasteiger charge is 2.34. The zero-order valence-corrected chi connectivity index (χ0v) is 13.2. The molecule has 1 saturated carbocycles. The number of rotatable bonds is 4. The molecule has 0 amide bonds. The average Bonchev–Trinajstić information content (AvgIpc) is 2.38. The molecule has 0 radical (unpaired) electrons. The first-order valence-corrected chi connectivity index (χ1v) is 7.90. The van der Waals surface area contributed by atoms with Crippen LogP contribution in [-0.4, -0.2) is 25.4 Å². The van der Waals surface area contributed by atoms with E-state index in [2.05, 4.69) is 44.4 Å². The maximum atomic E-state index is 5.31. The van der Waals surface area contributed by atoms with Crippen molar-refractivity contribution in [2.24, 2.45) is 5.41 Å². The van der Waals surface area contributed by atoms with Crippen LogP contribution >= 0.6 is 11.8 Å².